The van der Waals surface area contributed by atoms with E-state index in [1.807, 2.05) is 13.8 Å². The zero-order valence-electron chi connectivity index (χ0n) is 11.6. The fourth-order valence-electron chi connectivity index (χ4n) is 2.63. The number of benzene rings is 1. The predicted molar refractivity (Wildman–Crippen MR) is 74.7 cm³/mol. The minimum atomic E-state index is -0.573. The molecule has 0 spiro atoms. The van der Waals surface area contributed by atoms with Crippen LogP contribution in [0.4, 0.5) is 10.1 Å². The van der Waals surface area contributed by atoms with E-state index in [2.05, 4.69) is 5.32 Å². The molecule has 1 amide bonds. The van der Waals surface area contributed by atoms with E-state index in [0.717, 1.165) is 25.8 Å². The van der Waals surface area contributed by atoms with Gasteiger partial charge in [-0.3, -0.25) is 4.79 Å². The molecule has 1 aromatic rings. The number of anilines is 1. The molecule has 0 bridgehead atoms. The number of hydrogen-bond acceptors (Lipinski definition) is 2. The summed E-state index contributed by atoms with van der Waals surface area (Å²) in [7, 11) is 0. The number of carbonyl (C=O) groups excluding carboxylic acids is 1. The number of hydrogen-bond donors (Lipinski definition) is 1. The van der Waals surface area contributed by atoms with Gasteiger partial charge in [-0.2, -0.15) is 0 Å². The Labute approximate surface area is 113 Å². The number of nitrogens with zero attached hydrogens (tertiary/aromatic N) is 1. The highest BCUT2D eigenvalue weighted by Gasteiger charge is 2.38. The van der Waals surface area contributed by atoms with Crippen LogP contribution in [0.1, 0.15) is 33.1 Å². The van der Waals surface area contributed by atoms with E-state index in [-0.39, 0.29) is 11.7 Å². The molecule has 104 valence electrons. The largest absolute Gasteiger partial charge is 0.308 e. The molecule has 1 fully saturated rings. The maximum atomic E-state index is 13.9. The molecule has 0 saturated carbocycles. The SMILES string of the molecule is CCN(C(=O)C1(C)CCCCN1)c1ccccc1F. The lowest BCUT2D eigenvalue weighted by Gasteiger charge is -2.37. The Morgan fingerprint density at radius 2 is 2.16 bits per heavy atom. The second-order valence-electron chi connectivity index (χ2n) is 5.22. The van der Waals surface area contributed by atoms with E-state index < -0.39 is 5.54 Å². The Morgan fingerprint density at radius 3 is 2.74 bits per heavy atom. The third-order valence-corrected chi connectivity index (χ3v) is 3.80. The summed E-state index contributed by atoms with van der Waals surface area (Å²) in [5, 5.41) is 3.29. The zero-order chi connectivity index (χ0) is 13.9. The molecule has 1 heterocycles. The first-order valence-corrected chi connectivity index (χ1v) is 6.90. The molecule has 1 saturated heterocycles. The van der Waals surface area contributed by atoms with Crippen LogP contribution in [-0.4, -0.2) is 24.5 Å². The zero-order valence-corrected chi connectivity index (χ0v) is 11.6. The molecule has 1 aliphatic rings. The van der Waals surface area contributed by atoms with Gasteiger partial charge in [-0.25, -0.2) is 4.39 Å². The average Bonchev–Trinajstić information content (AvgIpc) is 2.42. The van der Waals surface area contributed by atoms with Gasteiger partial charge >= 0.3 is 0 Å². The molecule has 3 nitrogen and oxygen atoms in total. The van der Waals surface area contributed by atoms with Gasteiger partial charge in [0.2, 0.25) is 5.91 Å². The van der Waals surface area contributed by atoms with Crippen LogP contribution in [0.2, 0.25) is 0 Å². The second kappa shape index (κ2) is 5.70. The number of rotatable bonds is 3. The van der Waals surface area contributed by atoms with Gasteiger partial charge in [-0.05, 0) is 51.8 Å². The number of para-hydroxylation sites is 1. The third-order valence-electron chi connectivity index (χ3n) is 3.80. The lowest BCUT2D eigenvalue weighted by Crippen LogP contribution is -2.58. The molecule has 19 heavy (non-hydrogen) atoms. The predicted octanol–water partition coefficient (Wildman–Crippen LogP) is 2.71. The summed E-state index contributed by atoms with van der Waals surface area (Å²) in [5.41, 5.74) is -0.208. The highest BCUT2D eigenvalue weighted by molar-refractivity contribution is 6.00. The number of amides is 1. The van der Waals surface area contributed by atoms with Crippen LogP contribution in [-0.2, 0) is 4.79 Å². The third kappa shape index (κ3) is 2.78. The van der Waals surface area contributed by atoms with E-state index in [1.54, 1.807) is 18.2 Å². The summed E-state index contributed by atoms with van der Waals surface area (Å²) in [6, 6.07) is 6.44. The van der Waals surface area contributed by atoms with Crippen molar-refractivity contribution in [2.45, 2.75) is 38.6 Å². The molecule has 1 aromatic carbocycles. The topological polar surface area (TPSA) is 32.3 Å². The standard InChI is InChI=1S/C15H21FN2O/c1-3-18(13-9-5-4-8-12(13)16)14(19)15(2)10-6-7-11-17-15/h4-5,8-9,17H,3,6-7,10-11H2,1-2H3. The second-order valence-corrected chi connectivity index (χ2v) is 5.22. The van der Waals surface area contributed by atoms with E-state index in [9.17, 15) is 9.18 Å². The van der Waals surface area contributed by atoms with E-state index in [0.29, 0.717) is 12.2 Å². The van der Waals surface area contributed by atoms with Crippen LogP contribution in [0.15, 0.2) is 24.3 Å². The van der Waals surface area contributed by atoms with Crippen LogP contribution in [0.25, 0.3) is 0 Å². The van der Waals surface area contributed by atoms with Crippen molar-refractivity contribution in [2.75, 3.05) is 18.0 Å². The van der Waals surface area contributed by atoms with Crippen molar-refractivity contribution in [2.24, 2.45) is 0 Å². The fourth-order valence-corrected chi connectivity index (χ4v) is 2.63. The van der Waals surface area contributed by atoms with Gasteiger partial charge in [0, 0.05) is 6.54 Å². The minimum Gasteiger partial charge on any atom is -0.308 e. The molecular formula is C15H21FN2O. The van der Waals surface area contributed by atoms with Crippen molar-refractivity contribution < 1.29 is 9.18 Å². The van der Waals surface area contributed by atoms with Crippen molar-refractivity contribution in [1.82, 2.24) is 5.32 Å². The van der Waals surface area contributed by atoms with Crippen molar-refractivity contribution in [1.29, 1.82) is 0 Å². The van der Waals surface area contributed by atoms with Gasteiger partial charge in [0.15, 0.2) is 0 Å². The van der Waals surface area contributed by atoms with Crippen molar-refractivity contribution in [3.63, 3.8) is 0 Å². The highest BCUT2D eigenvalue weighted by Crippen LogP contribution is 2.26. The van der Waals surface area contributed by atoms with Crippen LogP contribution >= 0.6 is 0 Å². The summed E-state index contributed by atoms with van der Waals surface area (Å²) >= 11 is 0. The highest BCUT2D eigenvalue weighted by atomic mass is 19.1. The number of piperidine rings is 1. The van der Waals surface area contributed by atoms with Gasteiger partial charge in [-0.1, -0.05) is 12.1 Å². The van der Waals surface area contributed by atoms with Crippen molar-refractivity contribution >= 4 is 11.6 Å². The molecule has 0 aliphatic carbocycles. The van der Waals surface area contributed by atoms with Crippen LogP contribution in [0.5, 0.6) is 0 Å². The Balaban J connectivity index is 2.27. The van der Waals surface area contributed by atoms with Crippen LogP contribution < -0.4 is 10.2 Å². The van der Waals surface area contributed by atoms with Crippen molar-refractivity contribution in [3.05, 3.63) is 30.1 Å². The molecule has 1 N–H and O–H groups in total. The molecule has 0 radical (unpaired) electrons. The fraction of sp³-hybridized carbons (Fsp3) is 0.533. The van der Waals surface area contributed by atoms with Crippen LogP contribution in [0, 0.1) is 5.82 Å². The quantitative estimate of drug-likeness (QED) is 0.910. The summed E-state index contributed by atoms with van der Waals surface area (Å²) in [4.78, 5) is 14.2. The lowest BCUT2D eigenvalue weighted by atomic mass is 9.89. The molecule has 4 heteroatoms. The van der Waals surface area contributed by atoms with E-state index >= 15 is 0 Å². The Morgan fingerprint density at radius 1 is 1.42 bits per heavy atom. The first-order chi connectivity index (χ1) is 9.08. The minimum absolute atomic E-state index is 0.0419. The maximum Gasteiger partial charge on any atom is 0.247 e. The number of likely N-dealkylation sites (N-methyl/N-ethyl adjacent to an activating group) is 1. The van der Waals surface area contributed by atoms with Gasteiger partial charge < -0.3 is 10.2 Å². The Bertz CT molecular complexity index is 455. The summed E-state index contributed by atoms with van der Waals surface area (Å²) in [5.74, 6) is -0.392. The molecule has 1 unspecified atom stereocenters. The van der Waals surface area contributed by atoms with Gasteiger partial charge in [0.1, 0.15) is 5.82 Å². The molecule has 0 aromatic heterocycles. The first kappa shape index (κ1) is 14.0. The normalized spacial score (nSPS) is 23.1. The lowest BCUT2D eigenvalue weighted by molar-refractivity contribution is -0.125. The molecular weight excluding hydrogens is 243 g/mol. The summed E-state index contributed by atoms with van der Waals surface area (Å²) in [6.07, 6.45) is 2.93. The Kier molecular flexibility index (Phi) is 4.20. The van der Waals surface area contributed by atoms with Gasteiger partial charge in [0.05, 0.1) is 11.2 Å². The van der Waals surface area contributed by atoms with Crippen molar-refractivity contribution in [3.8, 4) is 0 Å². The summed E-state index contributed by atoms with van der Waals surface area (Å²) in [6.45, 7) is 5.10. The maximum absolute atomic E-state index is 13.9. The monoisotopic (exact) mass is 264 g/mol. The molecule has 1 atom stereocenters. The molecule has 1 aliphatic heterocycles. The van der Waals surface area contributed by atoms with Gasteiger partial charge in [-0.15, -0.1) is 0 Å². The molecule has 2 rings (SSSR count). The average molecular weight is 264 g/mol. The Hall–Kier alpha value is -1.42. The number of nitrogens with one attached hydrogen (secondary N) is 1. The van der Waals surface area contributed by atoms with Gasteiger partial charge in [0.25, 0.3) is 0 Å². The number of halogens is 1. The number of carbonyl (C=O) groups is 1. The van der Waals surface area contributed by atoms with E-state index in [4.69, 9.17) is 0 Å². The van der Waals surface area contributed by atoms with Crippen LogP contribution in [0.3, 0.4) is 0 Å². The summed E-state index contributed by atoms with van der Waals surface area (Å²) < 4.78 is 13.9. The first-order valence-electron chi connectivity index (χ1n) is 6.90. The smallest absolute Gasteiger partial charge is 0.247 e. The van der Waals surface area contributed by atoms with E-state index in [1.165, 1.54) is 11.0 Å².